The van der Waals surface area contributed by atoms with Crippen molar-refractivity contribution in [1.29, 1.82) is 0 Å². The Labute approximate surface area is 253 Å². The molecule has 0 radical (unpaired) electrons. The molecule has 0 aliphatic carbocycles. The van der Waals surface area contributed by atoms with E-state index in [0.717, 1.165) is 18.2 Å². The number of nitrogens with one attached hydrogen (secondary N) is 1. The van der Waals surface area contributed by atoms with E-state index in [-0.39, 0.29) is 28.7 Å². The normalized spacial score (nSPS) is 11.5. The molecule has 5 aromatic rings. The Morgan fingerprint density at radius 1 is 1.02 bits per heavy atom. The van der Waals surface area contributed by atoms with Gasteiger partial charge in [-0.2, -0.15) is 0 Å². The molecule has 0 aliphatic rings. The summed E-state index contributed by atoms with van der Waals surface area (Å²) in [6.07, 6.45) is 4.40. The van der Waals surface area contributed by atoms with Crippen LogP contribution < -0.4 is 19.8 Å². The zero-order chi connectivity index (χ0) is 30.9. The average Bonchev–Trinajstić information content (AvgIpc) is 3.00. The number of ether oxygens (including phenoxy) is 2. The maximum absolute atomic E-state index is 16.0. The predicted molar refractivity (Wildman–Crippen MR) is 160 cm³/mol. The average molecular weight is 646 g/mol. The van der Waals surface area contributed by atoms with Crippen LogP contribution in [0.25, 0.3) is 22.2 Å². The quantitative estimate of drug-likeness (QED) is 0.166. The molecular weight excluding hydrogens is 624 g/mol. The van der Waals surface area contributed by atoms with E-state index in [1.165, 1.54) is 49.0 Å². The van der Waals surface area contributed by atoms with Gasteiger partial charge in [0.1, 0.15) is 17.2 Å². The smallest absolute Gasteiger partial charge is 0.267 e. The first-order chi connectivity index (χ1) is 20.6. The zero-order valence-corrected chi connectivity index (χ0v) is 25.2. The summed E-state index contributed by atoms with van der Waals surface area (Å²) < 4.78 is 71.3. The summed E-state index contributed by atoms with van der Waals surface area (Å²) in [4.78, 5) is 26.0. The highest BCUT2D eigenvalue weighted by molar-refractivity contribution is 7.98. The molecule has 2 aromatic carbocycles. The lowest BCUT2D eigenvalue weighted by molar-refractivity contribution is 0.385. The van der Waals surface area contributed by atoms with Crippen molar-refractivity contribution in [3.05, 3.63) is 93.5 Å². The lowest BCUT2D eigenvalue weighted by Crippen LogP contribution is -2.24. The molecule has 1 N–H and O–H groups in total. The van der Waals surface area contributed by atoms with E-state index in [1.807, 2.05) is 0 Å². The Hall–Kier alpha value is -4.27. The SMILES string of the molecule is COc1ccc(Cn2c(=O)c(-c3c(F)ccc(NS(=O)(=O)c4cc(Cl)cnc4OC)c3F)cc3cnc(SC)nc32)cc1. The van der Waals surface area contributed by atoms with Crippen molar-refractivity contribution >= 4 is 50.1 Å². The number of pyridine rings is 2. The van der Waals surface area contributed by atoms with Crippen molar-refractivity contribution in [2.24, 2.45) is 0 Å². The first kappa shape index (κ1) is 30.2. The number of thioether (sulfide) groups is 1. The highest BCUT2D eigenvalue weighted by atomic mass is 35.5. The number of aromatic nitrogens is 4. The topological polar surface area (TPSA) is 125 Å². The van der Waals surface area contributed by atoms with E-state index in [2.05, 4.69) is 19.7 Å². The van der Waals surface area contributed by atoms with Gasteiger partial charge in [-0.1, -0.05) is 35.5 Å². The standard InChI is InChI=1S/C28H22ClF2N5O5S2/c1-40-18-6-4-15(5-7-18)14-36-25-16(12-33-28(34-25)42-3)10-19(27(36)37)23-20(30)8-9-21(24(23)31)35-43(38,39)22-11-17(29)13-32-26(22)41-2/h4-13,35H,14H2,1-3H3. The van der Waals surface area contributed by atoms with Crippen molar-refractivity contribution < 1.29 is 26.7 Å². The van der Waals surface area contributed by atoms with Crippen molar-refractivity contribution in [2.45, 2.75) is 16.6 Å². The minimum absolute atomic E-state index is 0.00905. The lowest BCUT2D eigenvalue weighted by atomic mass is 10.0. The largest absolute Gasteiger partial charge is 0.497 e. The van der Waals surface area contributed by atoms with Gasteiger partial charge < -0.3 is 9.47 Å². The Morgan fingerprint density at radius 2 is 1.77 bits per heavy atom. The van der Waals surface area contributed by atoms with Crippen LogP contribution in [0.4, 0.5) is 14.5 Å². The van der Waals surface area contributed by atoms with Gasteiger partial charge in [0.2, 0.25) is 5.88 Å². The molecule has 0 amide bonds. The van der Waals surface area contributed by atoms with Crippen molar-refractivity contribution in [3.63, 3.8) is 0 Å². The summed E-state index contributed by atoms with van der Waals surface area (Å²) in [6, 6.07) is 11.0. The summed E-state index contributed by atoms with van der Waals surface area (Å²) in [7, 11) is -1.79. The maximum atomic E-state index is 16.0. The molecule has 5 rings (SSSR count). The zero-order valence-electron chi connectivity index (χ0n) is 22.8. The molecule has 0 bridgehead atoms. The number of halogens is 3. The summed E-state index contributed by atoms with van der Waals surface area (Å²) in [5.74, 6) is -2.08. The van der Waals surface area contributed by atoms with Crippen molar-refractivity contribution in [2.75, 3.05) is 25.2 Å². The minimum Gasteiger partial charge on any atom is -0.497 e. The van der Waals surface area contributed by atoms with Crippen LogP contribution in [0.2, 0.25) is 5.02 Å². The molecular formula is C28H22ClF2N5O5S2. The van der Waals surface area contributed by atoms with Crippen LogP contribution in [0.3, 0.4) is 0 Å². The summed E-state index contributed by atoms with van der Waals surface area (Å²) >= 11 is 7.19. The van der Waals surface area contributed by atoms with Crippen LogP contribution >= 0.6 is 23.4 Å². The predicted octanol–water partition coefficient (Wildman–Crippen LogP) is 5.37. The van der Waals surface area contributed by atoms with Gasteiger partial charge in [-0.05, 0) is 48.2 Å². The van der Waals surface area contributed by atoms with Gasteiger partial charge in [-0.15, -0.1) is 0 Å². The highest BCUT2D eigenvalue weighted by Gasteiger charge is 2.26. The van der Waals surface area contributed by atoms with Gasteiger partial charge >= 0.3 is 0 Å². The number of fused-ring (bicyclic) bond motifs is 1. The van der Waals surface area contributed by atoms with Gasteiger partial charge in [0.05, 0.1) is 42.6 Å². The molecule has 0 fully saturated rings. The first-order valence-electron chi connectivity index (χ1n) is 12.3. The van der Waals surface area contributed by atoms with Gasteiger partial charge in [0.15, 0.2) is 15.9 Å². The van der Waals surface area contributed by atoms with E-state index < -0.39 is 43.4 Å². The second-order valence-electron chi connectivity index (χ2n) is 8.98. The van der Waals surface area contributed by atoms with E-state index >= 15 is 8.78 Å². The number of hydrogen-bond acceptors (Lipinski definition) is 9. The fourth-order valence-electron chi connectivity index (χ4n) is 4.31. The molecule has 0 saturated carbocycles. The fraction of sp³-hybridized carbons (Fsp3) is 0.143. The molecule has 10 nitrogen and oxygen atoms in total. The van der Waals surface area contributed by atoms with E-state index in [0.29, 0.717) is 21.9 Å². The molecule has 222 valence electrons. The number of anilines is 1. The Kier molecular flexibility index (Phi) is 8.53. The number of nitrogens with zero attached hydrogens (tertiary/aromatic N) is 4. The molecule has 3 aromatic heterocycles. The highest BCUT2D eigenvalue weighted by Crippen LogP contribution is 2.33. The molecule has 0 unspecified atom stereocenters. The Balaban J connectivity index is 1.67. The van der Waals surface area contributed by atoms with E-state index in [1.54, 1.807) is 30.5 Å². The third-order valence-corrected chi connectivity index (χ3v) is 8.49. The molecule has 0 aliphatic heterocycles. The van der Waals surface area contributed by atoms with Crippen LogP contribution in [0.15, 0.2) is 75.8 Å². The van der Waals surface area contributed by atoms with E-state index in [4.69, 9.17) is 21.1 Å². The fourth-order valence-corrected chi connectivity index (χ4v) is 6.08. The van der Waals surface area contributed by atoms with Crippen LogP contribution in [0.5, 0.6) is 11.6 Å². The Morgan fingerprint density at radius 3 is 2.44 bits per heavy atom. The number of sulfonamides is 1. The number of benzene rings is 2. The third kappa shape index (κ3) is 5.98. The van der Waals surface area contributed by atoms with Crippen molar-refractivity contribution in [3.8, 4) is 22.8 Å². The molecule has 3 heterocycles. The molecule has 43 heavy (non-hydrogen) atoms. The van der Waals surface area contributed by atoms with Crippen LogP contribution in [-0.4, -0.2) is 48.4 Å². The van der Waals surface area contributed by atoms with Gasteiger partial charge in [-0.25, -0.2) is 32.2 Å². The maximum Gasteiger partial charge on any atom is 0.267 e. The summed E-state index contributed by atoms with van der Waals surface area (Å²) in [5, 5.41) is 0.713. The number of methoxy groups -OCH3 is 2. The van der Waals surface area contributed by atoms with E-state index in [9.17, 15) is 13.2 Å². The molecule has 0 atom stereocenters. The second-order valence-corrected chi connectivity index (χ2v) is 11.8. The van der Waals surface area contributed by atoms with Crippen LogP contribution in [0, 0.1) is 11.6 Å². The van der Waals surface area contributed by atoms with Gasteiger partial charge in [0.25, 0.3) is 15.6 Å². The molecule has 0 saturated heterocycles. The number of hydrogen-bond donors (Lipinski definition) is 1. The summed E-state index contributed by atoms with van der Waals surface area (Å²) in [6.45, 7) is 0.00905. The minimum atomic E-state index is -4.52. The lowest BCUT2D eigenvalue weighted by Gasteiger charge is -2.16. The Bertz CT molecular complexity index is 2030. The monoisotopic (exact) mass is 645 g/mol. The molecule has 15 heteroatoms. The molecule has 0 spiro atoms. The van der Waals surface area contributed by atoms with Crippen molar-refractivity contribution in [1.82, 2.24) is 19.5 Å². The first-order valence-corrected chi connectivity index (χ1v) is 15.4. The van der Waals surface area contributed by atoms with Gasteiger partial charge in [0, 0.05) is 17.8 Å². The second kappa shape index (κ2) is 12.1. The third-order valence-electron chi connectivity index (χ3n) is 6.36. The van der Waals surface area contributed by atoms with Gasteiger partial charge in [-0.3, -0.25) is 14.1 Å². The summed E-state index contributed by atoms with van der Waals surface area (Å²) in [5.41, 5.74) is -1.53. The number of rotatable bonds is 9. The van der Waals surface area contributed by atoms with Crippen LogP contribution in [0.1, 0.15) is 5.56 Å². The van der Waals surface area contributed by atoms with Crippen LogP contribution in [-0.2, 0) is 16.6 Å².